The van der Waals surface area contributed by atoms with E-state index in [0.29, 0.717) is 0 Å². The van der Waals surface area contributed by atoms with Crippen molar-refractivity contribution in [3.8, 4) is 56.2 Å². The standard InChI is InChI=1S/C51H31N5/c1-2-5-33(6-3-1)45-22-18-37-14-15-38-19-23-46(56-51(38)50(37)55-45)35-11-9-34(10-12-35)44-25-21-41-29-39(20-24-47(41)53-44)40-16-13-36-17-26-48(54-49(36)30-40)42-8-4-7-32-27-28-52-31-43(32)42/h1-31H. The lowest BCUT2D eigenvalue weighted by molar-refractivity contribution is 1.35. The highest BCUT2D eigenvalue weighted by Crippen LogP contribution is 2.33. The van der Waals surface area contributed by atoms with Crippen LogP contribution in [0.3, 0.4) is 0 Å². The second-order valence-corrected chi connectivity index (χ2v) is 14.2. The van der Waals surface area contributed by atoms with E-state index in [1.165, 1.54) is 0 Å². The van der Waals surface area contributed by atoms with Gasteiger partial charge in [-0.3, -0.25) is 4.98 Å². The summed E-state index contributed by atoms with van der Waals surface area (Å²) in [5, 5.41) is 6.59. The smallest absolute Gasteiger partial charge is 0.0972 e. The van der Waals surface area contributed by atoms with E-state index >= 15 is 0 Å². The van der Waals surface area contributed by atoms with Crippen molar-refractivity contribution >= 4 is 54.4 Å². The third kappa shape index (κ3) is 5.62. The molecule has 0 spiro atoms. The number of hydrogen-bond acceptors (Lipinski definition) is 5. The third-order valence-electron chi connectivity index (χ3n) is 10.7. The summed E-state index contributed by atoms with van der Waals surface area (Å²) >= 11 is 0. The van der Waals surface area contributed by atoms with Crippen molar-refractivity contribution in [1.82, 2.24) is 24.9 Å². The van der Waals surface area contributed by atoms with Crippen LogP contribution < -0.4 is 0 Å². The van der Waals surface area contributed by atoms with Crippen LogP contribution in [0.5, 0.6) is 0 Å². The second-order valence-electron chi connectivity index (χ2n) is 14.2. The summed E-state index contributed by atoms with van der Waals surface area (Å²) < 4.78 is 0. The van der Waals surface area contributed by atoms with Crippen LogP contribution in [0.25, 0.3) is 111 Å². The van der Waals surface area contributed by atoms with E-state index in [4.69, 9.17) is 19.9 Å². The molecular weight excluding hydrogens is 683 g/mol. The highest BCUT2D eigenvalue weighted by atomic mass is 14.8. The molecule has 0 bridgehead atoms. The largest absolute Gasteiger partial charge is 0.264 e. The molecule has 0 aliphatic rings. The molecular formula is C51H31N5. The Balaban J connectivity index is 0.880. The fourth-order valence-electron chi connectivity index (χ4n) is 7.76. The second kappa shape index (κ2) is 13.0. The molecule has 56 heavy (non-hydrogen) atoms. The predicted molar refractivity (Wildman–Crippen MR) is 230 cm³/mol. The average Bonchev–Trinajstić information content (AvgIpc) is 3.28. The Morgan fingerprint density at radius 1 is 0.304 bits per heavy atom. The monoisotopic (exact) mass is 713 g/mol. The first-order valence-corrected chi connectivity index (χ1v) is 18.7. The minimum Gasteiger partial charge on any atom is -0.264 e. The van der Waals surface area contributed by atoms with Gasteiger partial charge in [-0.05, 0) is 65.0 Å². The number of hydrogen-bond donors (Lipinski definition) is 0. The number of fused-ring (bicyclic) bond motifs is 6. The fraction of sp³-hybridized carbons (Fsp3) is 0. The van der Waals surface area contributed by atoms with Crippen LogP contribution in [0.1, 0.15) is 0 Å². The highest BCUT2D eigenvalue weighted by Gasteiger charge is 2.12. The van der Waals surface area contributed by atoms with Crippen molar-refractivity contribution in [1.29, 1.82) is 0 Å². The van der Waals surface area contributed by atoms with Crippen LogP contribution in [-0.4, -0.2) is 24.9 Å². The topological polar surface area (TPSA) is 64.5 Å². The molecule has 5 nitrogen and oxygen atoms in total. The minimum absolute atomic E-state index is 0.904. The Bertz CT molecular complexity index is 3300. The zero-order valence-corrected chi connectivity index (χ0v) is 30.1. The van der Waals surface area contributed by atoms with E-state index in [0.717, 1.165) is 111 Å². The van der Waals surface area contributed by atoms with Gasteiger partial charge in [0.25, 0.3) is 0 Å². The minimum atomic E-state index is 0.904. The molecule has 0 amide bonds. The van der Waals surface area contributed by atoms with E-state index in [9.17, 15) is 0 Å². The first kappa shape index (κ1) is 31.9. The molecule has 11 rings (SSSR count). The van der Waals surface area contributed by atoms with E-state index < -0.39 is 0 Å². The molecule has 11 aromatic rings. The molecule has 6 aromatic carbocycles. The van der Waals surface area contributed by atoms with Crippen molar-refractivity contribution in [3.05, 3.63) is 188 Å². The Kier molecular flexibility index (Phi) is 7.42. The summed E-state index contributed by atoms with van der Waals surface area (Å²) in [5.74, 6) is 0. The van der Waals surface area contributed by atoms with E-state index in [-0.39, 0.29) is 0 Å². The quantitative estimate of drug-likeness (QED) is 0.166. The Labute approximate surface area is 322 Å². The Hall–Kier alpha value is -7.63. The number of aromatic nitrogens is 5. The number of rotatable bonds is 5. The van der Waals surface area contributed by atoms with Crippen LogP contribution in [-0.2, 0) is 0 Å². The van der Waals surface area contributed by atoms with Gasteiger partial charge < -0.3 is 0 Å². The summed E-state index contributed by atoms with van der Waals surface area (Å²) in [4.78, 5) is 24.8. The molecule has 5 aromatic heterocycles. The molecule has 5 heteroatoms. The zero-order valence-electron chi connectivity index (χ0n) is 30.1. The summed E-state index contributed by atoms with van der Waals surface area (Å²) in [6.07, 6.45) is 3.75. The molecule has 260 valence electrons. The Morgan fingerprint density at radius 3 is 1.61 bits per heavy atom. The van der Waals surface area contributed by atoms with Gasteiger partial charge in [0.15, 0.2) is 0 Å². The van der Waals surface area contributed by atoms with Crippen molar-refractivity contribution in [2.24, 2.45) is 0 Å². The summed E-state index contributed by atoms with van der Waals surface area (Å²) in [6.45, 7) is 0. The molecule has 0 radical (unpaired) electrons. The van der Waals surface area contributed by atoms with E-state index in [2.05, 4.69) is 157 Å². The summed E-state index contributed by atoms with van der Waals surface area (Å²) in [7, 11) is 0. The van der Waals surface area contributed by atoms with Gasteiger partial charge in [0.2, 0.25) is 0 Å². The van der Waals surface area contributed by atoms with Gasteiger partial charge in [-0.1, -0.05) is 127 Å². The van der Waals surface area contributed by atoms with Gasteiger partial charge in [-0.15, -0.1) is 0 Å². The van der Waals surface area contributed by atoms with Crippen LogP contribution in [0, 0.1) is 0 Å². The van der Waals surface area contributed by atoms with E-state index in [1.54, 1.807) is 0 Å². The first-order valence-electron chi connectivity index (χ1n) is 18.7. The molecule has 0 N–H and O–H groups in total. The lowest BCUT2D eigenvalue weighted by Crippen LogP contribution is -1.91. The predicted octanol–water partition coefficient (Wildman–Crippen LogP) is 12.8. The van der Waals surface area contributed by atoms with Crippen LogP contribution in [0.4, 0.5) is 0 Å². The first-order chi connectivity index (χ1) is 27.7. The molecule has 5 heterocycles. The number of benzene rings is 6. The van der Waals surface area contributed by atoms with E-state index in [1.807, 2.05) is 36.7 Å². The van der Waals surface area contributed by atoms with Crippen molar-refractivity contribution < 1.29 is 0 Å². The lowest BCUT2D eigenvalue weighted by atomic mass is 9.99. The normalized spacial score (nSPS) is 11.6. The van der Waals surface area contributed by atoms with Crippen LogP contribution in [0.15, 0.2) is 188 Å². The van der Waals surface area contributed by atoms with Crippen molar-refractivity contribution in [2.75, 3.05) is 0 Å². The molecule has 0 saturated carbocycles. The van der Waals surface area contributed by atoms with Crippen LogP contribution in [0.2, 0.25) is 0 Å². The maximum absolute atomic E-state index is 5.15. The number of pyridine rings is 5. The van der Waals surface area contributed by atoms with Gasteiger partial charge in [0, 0.05) is 61.6 Å². The SMILES string of the molecule is c1ccc(-c2ccc3ccc4ccc(-c5ccc(-c6ccc7cc(-c8ccc9ccc(-c%10cccc%11ccncc%10%11)nc9c8)ccc7n6)cc5)nc4c3n2)cc1. The van der Waals surface area contributed by atoms with Crippen molar-refractivity contribution in [2.45, 2.75) is 0 Å². The maximum Gasteiger partial charge on any atom is 0.0972 e. The maximum atomic E-state index is 5.15. The van der Waals surface area contributed by atoms with Crippen molar-refractivity contribution in [3.63, 3.8) is 0 Å². The molecule has 0 unspecified atom stereocenters. The third-order valence-corrected chi connectivity index (χ3v) is 10.7. The van der Waals surface area contributed by atoms with Gasteiger partial charge in [0.1, 0.15) is 0 Å². The Morgan fingerprint density at radius 2 is 0.857 bits per heavy atom. The van der Waals surface area contributed by atoms with Gasteiger partial charge in [0.05, 0.1) is 44.8 Å². The lowest BCUT2D eigenvalue weighted by Gasteiger charge is -2.10. The van der Waals surface area contributed by atoms with Gasteiger partial charge in [-0.2, -0.15) is 0 Å². The average molecular weight is 714 g/mol. The molecule has 0 aliphatic heterocycles. The van der Waals surface area contributed by atoms with Gasteiger partial charge >= 0.3 is 0 Å². The molecule has 0 saturated heterocycles. The van der Waals surface area contributed by atoms with Gasteiger partial charge in [-0.25, -0.2) is 19.9 Å². The summed E-state index contributed by atoms with van der Waals surface area (Å²) in [5.41, 5.74) is 14.0. The zero-order chi connectivity index (χ0) is 37.0. The molecule has 0 aliphatic carbocycles. The number of nitrogens with zero attached hydrogens (tertiary/aromatic N) is 5. The highest BCUT2D eigenvalue weighted by molar-refractivity contribution is 6.04. The molecule has 0 atom stereocenters. The molecule has 0 fully saturated rings. The van der Waals surface area contributed by atoms with Crippen LogP contribution >= 0.6 is 0 Å². The summed E-state index contributed by atoms with van der Waals surface area (Å²) in [6, 6.07) is 61.3. The fourth-order valence-corrected chi connectivity index (χ4v) is 7.76.